The molecule has 1 aliphatic carbocycles. The number of nitrogens with one attached hydrogen (secondary N) is 2. The Morgan fingerprint density at radius 2 is 1.79 bits per heavy atom. The highest BCUT2D eigenvalue weighted by atomic mass is 32.2. The van der Waals surface area contributed by atoms with Gasteiger partial charge < -0.3 is 5.32 Å². The minimum Gasteiger partial charge on any atom is -0.345 e. The van der Waals surface area contributed by atoms with Crippen molar-refractivity contribution in [3.8, 4) is 0 Å². The Balaban J connectivity index is 1.75. The SMILES string of the molecule is CC(C)CC(NC(=O)c1cccc(S(=O)(=O)NCC2CC2)c1)c1ccccc1. The van der Waals surface area contributed by atoms with Crippen molar-refractivity contribution < 1.29 is 13.2 Å². The van der Waals surface area contributed by atoms with Gasteiger partial charge in [-0.05, 0) is 54.9 Å². The third-order valence-corrected chi connectivity index (χ3v) is 6.30. The molecule has 1 saturated carbocycles. The van der Waals surface area contributed by atoms with Gasteiger partial charge in [0.1, 0.15) is 0 Å². The molecule has 0 aliphatic heterocycles. The zero-order valence-electron chi connectivity index (χ0n) is 16.4. The van der Waals surface area contributed by atoms with Crippen LogP contribution in [0.2, 0.25) is 0 Å². The minimum absolute atomic E-state index is 0.123. The molecule has 0 radical (unpaired) electrons. The summed E-state index contributed by atoms with van der Waals surface area (Å²) in [4.78, 5) is 13.0. The summed E-state index contributed by atoms with van der Waals surface area (Å²) in [6, 6.07) is 15.9. The number of sulfonamides is 1. The van der Waals surface area contributed by atoms with Gasteiger partial charge in [-0.15, -0.1) is 0 Å². The lowest BCUT2D eigenvalue weighted by Gasteiger charge is -2.21. The molecule has 2 aromatic rings. The number of carbonyl (C=O) groups is 1. The van der Waals surface area contributed by atoms with Crippen molar-refractivity contribution in [2.24, 2.45) is 11.8 Å². The molecule has 5 nitrogen and oxygen atoms in total. The topological polar surface area (TPSA) is 75.3 Å². The molecule has 0 heterocycles. The molecule has 0 spiro atoms. The first kappa shape index (κ1) is 20.6. The second kappa shape index (κ2) is 8.88. The monoisotopic (exact) mass is 400 g/mol. The fourth-order valence-corrected chi connectivity index (χ4v) is 4.28. The third kappa shape index (κ3) is 5.66. The van der Waals surface area contributed by atoms with Gasteiger partial charge in [0, 0.05) is 12.1 Å². The van der Waals surface area contributed by atoms with Gasteiger partial charge in [-0.25, -0.2) is 13.1 Å². The second-order valence-electron chi connectivity index (χ2n) is 7.89. The summed E-state index contributed by atoms with van der Waals surface area (Å²) in [6.45, 7) is 4.69. The van der Waals surface area contributed by atoms with Crippen LogP contribution in [0.25, 0.3) is 0 Å². The quantitative estimate of drug-likeness (QED) is 0.670. The fraction of sp³-hybridized carbons (Fsp3) is 0.409. The first-order valence-corrected chi connectivity index (χ1v) is 11.3. The maximum absolute atomic E-state index is 12.8. The number of hydrogen-bond donors (Lipinski definition) is 2. The minimum atomic E-state index is -3.60. The Morgan fingerprint density at radius 1 is 1.07 bits per heavy atom. The van der Waals surface area contributed by atoms with E-state index in [1.54, 1.807) is 12.1 Å². The van der Waals surface area contributed by atoms with E-state index in [4.69, 9.17) is 0 Å². The van der Waals surface area contributed by atoms with Gasteiger partial charge in [-0.2, -0.15) is 0 Å². The maximum Gasteiger partial charge on any atom is 0.251 e. The molecule has 6 heteroatoms. The smallest absolute Gasteiger partial charge is 0.251 e. The van der Waals surface area contributed by atoms with Crippen LogP contribution < -0.4 is 10.0 Å². The molecule has 28 heavy (non-hydrogen) atoms. The van der Waals surface area contributed by atoms with E-state index in [1.165, 1.54) is 12.1 Å². The van der Waals surface area contributed by atoms with Gasteiger partial charge in [0.25, 0.3) is 5.91 Å². The highest BCUT2D eigenvalue weighted by Crippen LogP contribution is 2.28. The second-order valence-corrected chi connectivity index (χ2v) is 9.66. The molecule has 1 unspecified atom stereocenters. The van der Waals surface area contributed by atoms with Crippen molar-refractivity contribution in [2.45, 2.75) is 44.0 Å². The molecule has 1 aliphatic rings. The van der Waals surface area contributed by atoms with Gasteiger partial charge >= 0.3 is 0 Å². The molecular formula is C22H28N2O3S. The van der Waals surface area contributed by atoms with E-state index >= 15 is 0 Å². The van der Waals surface area contributed by atoms with Gasteiger partial charge in [-0.1, -0.05) is 50.2 Å². The van der Waals surface area contributed by atoms with Crippen molar-refractivity contribution in [2.75, 3.05) is 6.54 Å². The van der Waals surface area contributed by atoms with Crippen molar-refractivity contribution in [1.82, 2.24) is 10.0 Å². The van der Waals surface area contributed by atoms with Crippen molar-refractivity contribution >= 4 is 15.9 Å². The van der Waals surface area contributed by atoms with E-state index in [1.807, 2.05) is 30.3 Å². The molecule has 0 aromatic heterocycles. The van der Waals surface area contributed by atoms with Crippen molar-refractivity contribution in [3.63, 3.8) is 0 Å². The Labute approximate surface area is 167 Å². The molecule has 0 bridgehead atoms. The number of carbonyl (C=O) groups excluding carboxylic acids is 1. The maximum atomic E-state index is 12.8. The van der Waals surface area contributed by atoms with Crippen LogP contribution in [-0.4, -0.2) is 20.9 Å². The summed E-state index contributed by atoms with van der Waals surface area (Å²) < 4.78 is 27.6. The lowest BCUT2D eigenvalue weighted by atomic mass is 9.96. The van der Waals surface area contributed by atoms with Crippen LogP contribution in [0.1, 0.15) is 55.1 Å². The standard InChI is InChI=1S/C22H28N2O3S/c1-16(2)13-21(18-7-4-3-5-8-18)24-22(25)19-9-6-10-20(14-19)28(26,27)23-15-17-11-12-17/h3-10,14,16-17,21,23H,11-13,15H2,1-2H3,(H,24,25). The van der Waals surface area contributed by atoms with E-state index in [9.17, 15) is 13.2 Å². The van der Waals surface area contributed by atoms with Gasteiger partial charge in [-0.3, -0.25) is 4.79 Å². The highest BCUT2D eigenvalue weighted by Gasteiger charge is 2.25. The van der Waals surface area contributed by atoms with Crippen LogP contribution in [0.4, 0.5) is 0 Å². The Hall–Kier alpha value is -2.18. The number of hydrogen-bond acceptors (Lipinski definition) is 3. The predicted molar refractivity (Wildman–Crippen MR) is 110 cm³/mol. The zero-order chi connectivity index (χ0) is 20.1. The van der Waals surface area contributed by atoms with Crippen LogP contribution in [0.15, 0.2) is 59.5 Å². The number of benzene rings is 2. The summed E-state index contributed by atoms with van der Waals surface area (Å²) in [6.07, 6.45) is 2.94. The van der Waals surface area contributed by atoms with E-state index < -0.39 is 10.0 Å². The fourth-order valence-electron chi connectivity index (χ4n) is 3.11. The van der Waals surface area contributed by atoms with Gasteiger partial charge in [0.2, 0.25) is 10.0 Å². The lowest BCUT2D eigenvalue weighted by molar-refractivity contribution is 0.0931. The van der Waals surface area contributed by atoms with E-state index in [0.717, 1.165) is 24.8 Å². The van der Waals surface area contributed by atoms with E-state index in [0.29, 0.717) is 23.9 Å². The Morgan fingerprint density at radius 3 is 2.43 bits per heavy atom. The van der Waals surface area contributed by atoms with Crippen LogP contribution >= 0.6 is 0 Å². The number of rotatable bonds is 9. The molecular weight excluding hydrogens is 372 g/mol. The Kier molecular flexibility index (Phi) is 6.52. The average Bonchev–Trinajstić information content (AvgIpc) is 3.51. The van der Waals surface area contributed by atoms with E-state index in [-0.39, 0.29) is 16.8 Å². The van der Waals surface area contributed by atoms with Crippen molar-refractivity contribution in [1.29, 1.82) is 0 Å². The van der Waals surface area contributed by atoms with Gasteiger partial charge in [0.15, 0.2) is 0 Å². The summed E-state index contributed by atoms with van der Waals surface area (Å²) >= 11 is 0. The van der Waals surface area contributed by atoms with Gasteiger partial charge in [0.05, 0.1) is 10.9 Å². The van der Waals surface area contributed by atoms with Crippen LogP contribution in [0.5, 0.6) is 0 Å². The summed E-state index contributed by atoms with van der Waals surface area (Å²) in [7, 11) is -3.60. The Bertz CT molecular complexity index is 906. The number of amides is 1. The lowest BCUT2D eigenvalue weighted by Crippen LogP contribution is -2.30. The van der Waals surface area contributed by atoms with Crippen LogP contribution in [0.3, 0.4) is 0 Å². The third-order valence-electron chi connectivity index (χ3n) is 4.88. The average molecular weight is 401 g/mol. The van der Waals surface area contributed by atoms with E-state index in [2.05, 4.69) is 23.9 Å². The zero-order valence-corrected chi connectivity index (χ0v) is 17.2. The van der Waals surface area contributed by atoms with Crippen LogP contribution in [-0.2, 0) is 10.0 Å². The predicted octanol–water partition coefficient (Wildman–Crippen LogP) is 3.89. The summed E-state index contributed by atoms with van der Waals surface area (Å²) in [5.41, 5.74) is 1.39. The molecule has 1 amide bonds. The molecule has 1 atom stereocenters. The molecule has 2 aromatic carbocycles. The molecule has 0 saturated heterocycles. The molecule has 150 valence electrons. The molecule has 3 rings (SSSR count). The summed E-state index contributed by atoms with van der Waals surface area (Å²) in [5, 5.41) is 3.07. The summed E-state index contributed by atoms with van der Waals surface area (Å²) in [5.74, 6) is 0.585. The normalized spacial score (nSPS) is 15.4. The van der Waals surface area contributed by atoms with Crippen molar-refractivity contribution in [3.05, 3.63) is 65.7 Å². The molecule has 2 N–H and O–H groups in total. The largest absolute Gasteiger partial charge is 0.345 e. The van der Waals surface area contributed by atoms with Crippen LogP contribution in [0, 0.1) is 11.8 Å². The molecule has 1 fully saturated rings. The first-order chi connectivity index (χ1) is 13.3. The first-order valence-electron chi connectivity index (χ1n) is 9.80. The highest BCUT2D eigenvalue weighted by molar-refractivity contribution is 7.89.